The molecule has 1 fully saturated rings. The van der Waals surface area contributed by atoms with E-state index < -0.39 is 17.7 Å². The van der Waals surface area contributed by atoms with E-state index in [0.717, 1.165) is 0 Å². The van der Waals surface area contributed by atoms with Crippen LogP contribution in [-0.4, -0.2) is 33.9 Å². The highest BCUT2D eigenvalue weighted by Crippen LogP contribution is 2.42. The lowest BCUT2D eigenvalue weighted by atomic mass is 9.96. The summed E-state index contributed by atoms with van der Waals surface area (Å²) < 4.78 is 5.31. The number of amides is 1. The number of aliphatic hydroxyl groups excluding tert-OH is 1. The summed E-state index contributed by atoms with van der Waals surface area (Å²) in [5.41, 5.74) is 0.655. The second-order valence-electron chi connectivity index (χ2n) is 6.49. The van der Waals surface area contributed by atoms with Crippen LogP contribution in [-0.2, 0) is 9.59 Å². The van der Waals surface area contributed by atoms with Crippen molar-refractivity contribution in [3.05, 3.63) is 88.8 Å². The summed E-state index contributed by atoms with van der Waals surface area (Å²) in [5, 5.41) is 11.5. The number of benzene rings is 1. The molecule has 8 heteroatoms. The molecule has 1 aromatic carbocycles. The SMILES string of the molecule is COc1ccc(Cl)cc1C(O)=C1C(=O)C(=O)N(c2ccccn2)[C@@H]1c1cccnc1. The summed E-state index contributed by atoms with van der Waals surface area (Å²) in [7, 11) is 1.44. The quantitative estimate of drug-likeness (QED) is 0.391. The van der Waals surface area contributed by atoms with Crippen molar-refractivity contribution in [1.29, 1.82) is 0 Å². The van der Waals surface area contributed by atoms with Crippen LogP contribution in [0.4, 0.5) is 5.82 Å². The summed E-state index contributed by atoms with van der Waals surface area (Å²) in [5.74, 6) is -1.43. The minimum atomic E-state index is -0.919. The molecule has 0 saturated carbocycles. The van der Waals surface area contributed by atoms with Crippen molar-refractivity contribution < 1.29 is 19.4 Å². The number of Topliss-reactive ketones (excluding diaryl/α,β-unsaturated/α-hetero) is 1. The first-order valence-corrected chi connectivity index (χ1v) is 9.36. The minimum Gasteiger partial charge on any atom is -0.507 e. The van der Waals surface area contributed by atoms with Gasteiger partial charge in [0.15, 0.2) is 0 Å². The van der Waals surface area contributed by atoms with Crippen molar-refractivity contribution >= 4 is 34.9 Å². The summed E-state index contributed by atoms with van der Waals surface area (Å²) in [6.07, 6.45) is 4.64. The molecule has 150 valence electrons. The van der Waals surface area contributed by atoms with Gasteiger partial charge in [-0.3, -0.25) is 19.5 Å². The van der Waals surface area contributed by atoms with Crippen LogP contribution in [0.2, 0.25) is 5.02 Å². The first-order chi connectivity index (χ1) is 14.5. The van der Waals surface area contributed by atoms with Gasteiger partial charge in [0, 0.05) is 23.6 Å². The first-order valence-electron chi connectivity index (χ1n) is 8.98. The Morgan fingerprint density at radius 2 is 1.97 bits per heavy atom. The minimum absolute atomic E-state index is 0.0979. The lowest BCUT2D eigenvalue weighted by Gasteiger charge is -2.24. The van der Waals surface area contributed by atoms with Gasteiger partial charge in [-0.2, -0.15) is 0 Å². The van der Waals surface area contributed by atoms with Crippen LogP contribution in [0.1, 0.15) is 17.2 Å². The smallest absolute Gasteiger partial charge is 0.301 e. The van der Waals surface area contributed by atoms with E-state index >= 15 is 0 Å². The molecule has 1 aliphatic heterocycles. The molecule has 1 atom stereocenters. The van der Waals surface area contributed by atoms with E-state index in [4.69, 9.17) is 16.3 Å². The summed E-state index contributed by atoms with van der Waals surface area (Å²) >= 11 is 6.10. The number of anilines is 1. The number of ketones is 1. The van der Waals surface area contributed by atoms with Gasteiger partial charge >= 0.3 is 5.91 Å². The Labute approximate surface area is 177 Å². The van der Waals surface area contributed by atoms with E-state index in [2.05, 4.69) is 9.97 Å². The predicted octanol–water partition coefficient (Wildman–Crippen LogP) is 3.76. The van der Waals surface area contributed by atoms with Crippen molar-refractivity contribution in [2.24, 2.45) is 0 Å². The molecule has 1 saturated heterocycles. The third-order valence-electron chi connectivity index (χ3n) is 4.76. The Morgan fingerprint density at radius 1 is 1.13 bits per heavy atom. The van der Waals surface area contributed by atoms with Gasteiger partial charge in [-0.1, -0.05) is 23.7 Å². The average Bonchev–Trinajstić information content (AvgIpc) is 3.05. The Bertz CT molecular complexity index is 1150. The zero-order valence-electron chi connectivity index (χ0n) is 15.8. The molecule has 0 spiro atoms. The molecule has 4 rings (SSSR count). The molecular weight excluding hydrogens is 406 g/mol. The van der Waals surface area contributed by atoms with Gasteiger partial charge in [0.25, 0.3) is 5.78 Å². The second kappa shape index (κ2) is 7.96. The molecule has 30 heavy (non-hydrogen) atoms. The number of carbonyl (C=O) groups is 2. The van der Waals surface area contributed by atoms with E-state index in [0.29, 0.717) is 16.3 Å². The largest absolute Gasteiger partial charge is 0.507 e. The lowest BCUT2D eigenvalue weighted by Crippen LogP contribution is -2.30. The number of methoxy groups -OCH3 is 1. The van der Waals surface area contributed by atoms with E-state index in [-0.39, 0.29) is 22.7 Å². The number of hydrogen-bond donors (Lipinski definition) is 1. The predicted molar refractivity (Wildman–Crippen MR) is 111 cm³/mol. The Kier molecular flexibility index (Phi) is 5.20. The molecule has 1 aliphatic rings. The zero-order chi connectivity index (χ0) is 21.3. The van der Waals surface area contributed by atoms with Gasteiger partial charge in [0.1, 0.15) is 17.3 Å². The third kappa shape index (κ3) is 3.29. The van der Waals surface area contributed by atoms with E-state index in [1.807, 2.05) is 0 Å². The zero-order valence-corrected chi connectivity index (χ0v) is 16.6. The van der Waals surface area contributed by atoms with Crippen LogP contribution in [0.15, 0.2) is 72.7 Å². The molecule has 0 radical (unpaired) electrons. The van der Waals surface area contributed by atoms with Crippen LogP contribution in [0.25, 0.3) is 5.76 Å². The topological polar surface area (TPSA) is 92.6 Å². The molecule has 0 unspecified atom stereocenters. The van der Waals surface area contributed by atoms with Crippen LogP contribution in [0.3, 0.4) is 0 Å². The number of hydrogen-bond acceptors (Lipinski definition) is 6. The third-order valence-corrected chi connectivity index (χ3v) is 4.99. The molecule has 3 heterocycles. The normalized spacial score (nSPS) is 17.9. The maximum absolute atomic E-state index is 13.0. The van der Waals surface area contributed by atoms with Gasteiger partial charge in [0.2, 0.25) is 0 Å². The number of carbonyl (C=O) groups excluding carboxylic acids is 2. The van der Waals surface area contributed by atoms with Gasteiger partial charge in [-0.25, -0.2) is 4.98 Å². The molecule has 7 nitrogen and oxygen atoms in total. The molecule has 1 N–H and O–H groups in total. The Balaban J connectivity index is 1.98. The number of aliphatic hydroxyl groups is 1. The van der Waals surface area contributed by atoms with Crippen molar-refractivity contribution in [2.45, 2.75) is 6.04 Å². The molecule has 0 aliphatic carbocycles. The maximum Gasteiger partial charge on any atom is 0.301 e. The second-order valence-corrected chi connectivity index (χ2v) is 6.92. The van der Waals surface area contributed by atoms with Gasteiger partial charge in [-0.15, -0.1) is 0 Å². The highest BCUT2D eigenvalue weighted by molar-refractivity contribution is 6.51. The van der Waals surface area contributed by atoms with Gasteiger partial charge in [-0.05, 0) is 42.0 Å². The Hall–Kier alpha value is -3.71. The van der Waals surface area contributed by atoms with Gasteiger partial charge < -0.3 is 9.84 Å². The number of halogens is 1. The standard InChI is InChI=1S/C22H16ClN3O4/c1-30-16-8-7-14(23)11-15(16)20(27)18-19(13-5-4-9-24-12-13)26(22(29)21(18)28)17-6-2-3-10-25-17/h2-12,19,27H,1H3/t19-/m1/s1. The molecule has 2 aromatic heterocycles. The molecule has 1 amide bonds. The molecule has 0 bridgehead atoms. The van der Waals surface area contributed by atoms with Crippen molar-refractivity contribution in [2.75, 3.05) is 12.0 Å². The van der Waals surface area contributed by atoms with E-state index in [1.165, 1.54) is 30.5 Å². The fraction of sp³-hybridized carbons (Fsp3) is 0.0909. The van der Waals surface area contributed by atoms with Crippen molar-refractivity contribution in [1.82, 2.24) is 9.97 Å². The highest BCUT2D eigenvalue weighted by atomic mass is 35.5. The number of pyridine rings is 2. The fourth-order valence-corrected chi connectivity index (χ4v) is 3.60. The molecular formula is C22H16ClN3O4. The van der Waals surface area contributed by atoms with Gasteiger partial charge in [0.05, 0.1) is 24.3 Å². The highest BCUT2D eigenvalue weighted by Gasteiger charge is 2.47. The lowest BCUT2D eigenvalue weighted by molar-refractivity contribution is -0.132. The first kappa shape index (κ1) is 19.6. The monoisotopic (exact) mass is 421 g/mol. The number of ether oxygens (including phenoxy) is 1. The van der Waals surface area contributed by atoms with Crippen molar-refractivity contribution in [3.8, 4) is 5.75 Å². The van der Waals surface area contributed by atoms with Crippen LogP contribution < -0.4 is 9.64 Å². The summed E-state index contributed by atoms with van der Waals surface area (Å²) in [6.45, 7) is 0. The average molecular weight is 422 g/mol. The molecule has 3 aromatic rings. The van der Waals surface area contributed by atoms with E-state index in [1.54, 1.807) is 48.7 Å². The maximum atomic E-state index is 13.0. The number of nitrogens with zero attached hydrogens (tertiary/aromatic N) is 3. The van der Waals surface area contributed by atoms with Crippen LogP contribution in [0, 0.1) is 0 Å². The van der Waals surface area contributed by atoms with Crippen LogP contribution >= 0.6 is 11.6 Å². The number of aromatic nitrogens is 2. The number of rotatable bonds is 4. The van der Waals surface area contributed by atoms with E-state index in [9.17, 15) is 14.7 Å². The summed E-state index contributed by atoms with van der Waals surface area (Å²) in [4.78, 5) is 35.6. The fourth-order valence-electron chi connectivity index (χ4n) is 3.43. The van der Waals surface area contributed by atoms with Crippen molar-refractivity contribution in [3.63, 3.8) is 0 Å². The summed E-state index contributed by atoms with van der Waals surface area (Å²) in [6, 6.07) is 12.2. The van der Waals surface area contributed by atoms with Crippen LogP contribution in [0.5, 0.6) is 5.75 Å². The Morgan fingerprint density at radius 3 is 2.63 bits per heavy atom.